The Kier molecular flexibility index (Phi) is 5.33. The van der Waals surface area contributed by atoms with Gasteiger partial charge < -0.3 is 0 Å². The average molecular weight is 567 g/mol. The molecule has 0 fully saturated rings. The molecule has 0 aliphatic heterocycles. The van der Waals surface area contributed by atoms with E-state index in [1.54, 1.807) is 0 Å². The van der Waals surface area contributed by atoms with E-state index in [4.69, 9.17) is 19.9 Å². The molecule has 0 bridgehead atoms. The molecule has 0 aliphatic rings. The van der Waals surface area contributed by atoms with Gasteiger partial charge in [-0.3, -0.25) is 0 Å². The zero-order valence-corrected chi connectivity index (χ0v) is 23.7. The van der Waals surface area contributed by atoms with Crippen LogP contribution in [0.15, 0.2) is 134 Å². The molecule has 0 saturated carbocycles. The van der Waals surface area contributed by atoms with E-state index in [0.717, 1.165) is 54.8 Å². The van der Waals surface area contributed by atoms with Crippen molar-refractivity contribution in [1.29, 1.82) is 0 Å². The second kappa shape index (κ2) is 9.51. The summed E-state index contributed by atoms with van der Waals surface area (Å²) >= 11 is 1.81. The first-order chi connectivity index (χ1) is 21.3. The molecule has 3 aromatic heterocycles. The molecule has 6 aromatic carbocycles. The Labute approximate surface area is 251 Å². The highest BCUT2D eigenvalue weighted by Gasteiger charge is 2.16. The van der Waals surface area contributed by atoms with Crippen LogP contribution in [0.1, 0.15) is 0 Å². The van der Waals surface area contributed by atoms with Crippen LogP contribution in [0.4, 0.5) is 0 Å². The first-order valence-corrected chi connectivity index (χ1v) is 15.0. The molecule has 0 radical (unpaired) electrons. The lowest BCUT2D eigenvalue weighted by atomic mass is 10.0. The molecule has 9 rings (SSSR count). The van der Waals surface area contributed by atoms with Crippen LogP contribution in [0.25, 0.3) is 86.7 Å². The Bertz CT molecular complexity index is 2520. The van der Waals surface area contributed by atoms with Crippen molar-refractivity contribution in [3.8, 4) is 33.9 Å². The molecule has 0 aliphatic carbocycles. The maximum Gasteiger partial charge on any atom is 0.159 e. The average Bonchev–Trinajstić information content (AvgIpc) is 3.46. The van der Waals surface area contributed by atoms with Crippen LogP contribution in [0, 0.1) is 0 Å². The van der Waals surface area contributed by atoms with Crippen LogP contribution < -0.4 is 0 Å². The third-order valence-electron chi connectivity index (χ3n) is 8.17. The van der Waals surface area contributed by atoms with E-state index in [2.05, 4.69) is 115 Å². The molecule has 0 N–H and O–H groups in total. The van der Waals surface area contributed by atoms with Crippen molar-refractivity contribution in [1.82, 2.24) is 19.9 Å². The number of fused-ring (bicyclic) bond motifs is 9. The smallest absolute Gasteiger partial charge is 0.159 e. The Morgan fingerprint density at radius 2 is 0.930 bits per heavy atom. The fourth-order valence-corrected chi connectivity index (χ4v) is 7.17. The lowest BCUT2D eigenvalue weighted by Crippen LogP contribution is -1.96. The SMILES string of the molecule is c1ccc(-c2cccc(-c3ncc4c5ccccc5c5cnc(-c6ccc7sc8ccccc8c7c6)nc5c4n3)c2)cc1. The maximum absolute atomic E-state index is 5.20. The van der Waals surface area contributed by atoms with E-state index in [1.165, 1.54) is 20.2 Å². The zero-order chi connectivity index (χ0) is 28.3. The fraction of sp³-hybridized carbons (Fsp3) is 0. The highest BCUT2D eigenvalue weighted by Crippen LogP contribution is 2.38. The van der Waals surface area contributed by atoms with Crippen LogP contribution in [0.2, 0.25) is 0 Å². The largest absolute Gasteiger partial charge is 0.236 e. The van der Waals surface area contributed by atoms with E-state index in [1.807, 2.05) is 29.8 Å². The van der Waals surface area contributed by atoms with Crippen molar-refractivity contribution in [3.63, 3.8) is 0 Å². The van der Waals surface area contributed by atoms with E-state index in [9.17, 15) is 0 Å². The molecule has 9 aromatic rings. The summed E-state index contributed by atoms with van der Waals surface area (Å²) < 4.78 is 2.55. The van der Waals surface area contributed by atoms with Gasteiger partial charge >= 0.3 is 0 Å². The van der Waals surface area contributed by atoms with Crippen molar-refractivity contribution in [3.05, 3.63) is 134 Å². The maximum atomic E-state index is 5.20. The first kappa shape index (κ1) is 24.1. The van der Waals surface area contributed by atoms with Crippen molar-refractivity contribution in [2.24, 2.45) is 0 Å². The summed E-state index contributed by atoms with van der Waals surface area (Å²) in [6.07, 6.45) is 3.90. The van der Waals surface area contributed by atoms with Gasteiger partial charge in [0.05, 0.1) is 0 Å². The lowest BCUT2D eigenvalue weighted by Gasteiger charge is -2.11. The molecule has 200 valence electrons. The van der Waals surface area contributed by atoms with Crippen molar-refractivity contribution >= 4 is 64.1 Å². The van der Waals surface area contributed by atoms with Crippen LogP contribution in [0.5, 0.6) is 0 Å². The molecule has 3 heterocycles. The van der Waals surface area contributed by atoms with Crippen LogP contribution in [-0.4, -0.2) is 19.9 Å². The molecular weight excluding hydrogens is 545 g/mol. The van der Waals surface area contributed by atoms with Gasteiger partial charge in [0.2, 0.25) is 0 Å². The van der Waals surface area contributed by atoms with Gasteiger partial charge in [-0.2, -0.15) is 0 Å². The summed E-state index contributed by atoms with van der Waals surface area (Å²) in [6.45, 7) is 0. The minimum absolute atomic E-state index is 0.674. The van der Waals surface area contributed by atoms with Gasteiger partial charge in [-0.15, -0.1) is 11.3 Å². The van der Waals surface area contributed by atoms with E-state index in [0.29, 0.717) is 11.6 Å². The number of hydrogen-bond donors (Lipinski definition) is 0. The van der Waals surface area contributed by atoms with Crippen molar-refractivity contribution in [2.45, 2.75) is 0 Å². The molecule has 0 unspecified atom stereocenters. The summed E-state index contributed by atoms with van der Waals surface area (Å²) in [6, 6.07) is 42.2. The van der Waals surface area contributed by atoms with Crippen LogP contribution in [-0.2, 0) is 0 Å². The van der Waals surface area contributed by atoms with Gasteiger partial charge in [0.15, 0.2) is 11.6 Å². The zero-order valence-electron chi connectivity index (χ0n) is 22.9. The molecule has 0 atom stereocenters. The number of hydrogen-bond acceptors (Lipinski definition) is 5. The van der Waals surface area contributed by atoms with Crippen molar-refractivity contribution in [2.75, 3.05) is 0 Å². The molecule has 5 heteroatoms. The molecule has 0 spiro atoms. The fourth-order valence-electron chi connectivity index (χ4n) is 6.08. The second-order valence-corrected chi connectivity index (χ2v) is 11.8. The topological polar surface area (TPSA) is 51.6 Å². The van der Waals surface area contributed by atoms with Gasteiger partial charge in [-0.1, -0.05) is 91.0 Å². The Morgan fingerprint density at radius 1 is 0.372 bits per heavy atom. The molecule has 0 amide bonds. The summed E-state index contributed by atoms with van der Waals surface area (Å²) in [7, 11) is 0. The molecule has 4 nitrogen and oxygen atoms in total. The van der Waals surface area contributed by atoms with Crippen LogP contribution in [0.3, 0.4) is 0 Å². The molecule has 0 saturated heterocycles. The third-order valence-corrected chi connectivity index (χ3v) is 9.32. The molecular formula is C38H22N4S. The van der Waals surface area contributed by atoms with Crippen molar-refractivity contribution < 1.29 is 0 Å². The molecule has 43 heavy (non-hydrogen) atoms. The lowest BCUT2D eigenvalue weighted by molar-refractivity contribution is 1.21. The summed E-state index contributed by atoms with van der Waals surface area (Å²) in [5.74, 6) is 1.36. The predicted molar refractivity (Wildman–Crippen MR) is 179 cm³/mol. The number of benzene rings is 6. The minimum Gasteiger partial charge on any atom is -0.236 e. The number of rotatable bonds is 3. The van der Waals surface area contributed by atoms with Gasteiger partial charge in [0.25, 0.3) is 0 Å². The Balaban J connectivity index is 1.27. The van der Waals surface area contributed by atoms with Gasteiger partial charge in [-0.25, -0.2) is 19.9 Å². The second-order valence-electron chi connectivity index (χ2n) is 10.7. The van der Waals surface area contributed by atoms with Gasteiger partial charge in [0.1, 0.15) is 11.0 Å². The summed E-state index contributed by atoms with van der Waals surface area (Å²) in [5, 5.41) is 6.65. The third kappa shape index (κ3) is 3.90. The Morgan fingerprint density at radius 3 is 1.65 bits per heavy atom. The highest BCUT2D eigenvalue weighted by molar-refractivity contribution is 7.25. The summed E-state index contributed by atoms with van der Waals surface area (Å²) in [5.41, 5.74) is 5.91. The Hall–Kier alpha value is -5.52. The first-order valence-electron chi connectivity index (χ1n) is 14.2. The normalized spacial score (nSPS) is 11.7. The number of thiophene rings is 1. The predicted octanol–water partition coefficient (Wildman–Crippen LogP) is 10.1. The number of aromatic nitrogens is 4. The standard InChI is InChI=1S/C38H22N4S/c1-2-9-23(10-3-1)24-11-8-12-25(19-24)37-39-21-31-27-13-4-5-14-28(27)32-22-40-38(42-36(32)35(31)41-37)26-17-18-34-30(20-26)29-15-6-7-16-33(29)43-34/h1-22H. The minimum atomic E-state index is 0.674. The summed E-state index contributed by atoms with van der Waals surface area (Å²) in [4.78, 5) is 20.1. The van der Waals surface area contributed by atoms with Gasteiger partial charge in [-0.05, 0) is 52.2 Å². The quantitative estimate of drug-likeness (QED) is 0.200. The van der Waals surface area contributed by atoms with E-state index >= 15 is 0 Å². The van der Waals surface area contributed by atoms with Crippen LogP contribution >= 0.6 is 11.3 Å². The highest BCUT2D eigenvalue weighted by atomic mass is 32.1. The van der Waals surface area contributed by atoms with Gasteiger partial charge in [0, 0.05) is 54.5 Å². The number of nitrogens with zero attached hydrogens (tertiary/aromatic N) is 4. The monoisotopic (exact) mass is 566 g/mol. The van der Waals surface area contributed by atoms with E-state index in [-0.39, 0.29) is 0 Å². The van der Waals surface area contributed by atoms with E-state index < -0.39 is 0 Å².